The van der Waals surface area contributed by atoms with Crippen LogP contribution in [0.4, 0.5) is 11.4 Å². The van der Waals surface area contributed by atoms with E-state index in [0.717, 1.165) is 10.8 Å². The topological polar surface area (TPSA) is 130 Å². The summed E-state index contributed by atoms with van der Waals surface area (Å²) in [5, 5.41) is 42.3. The van der Waals surface area contributed by atoms with Gasteiger partial charge >= 0.3 is 0 Å². The number of carbonyl (C=O) groups excluding carboxylic acids is 1. The maximum absolute atomic E-state index is 12.8. The lowest BCUT2D eigenvalue weighted by atomic mass is 10.1. The highest BCUT2D eigenvalue weighted by atomic mass is 16.6. The quantitative estimate of drug-likeness (QED) is 0.184. The fourth-order valence-corrected chi connectivity index (χ4v) is 4.03. The Morgan fingerprint density at radius 1 is 0.914 bits per heavy atom. The number of phenolic OH excluding ortho intramolecular Hbond substituents is 1. The van der Waals surface area contributed by atoms with Crippen LogP contribution in [-0.2, 0) is 6.54 Å². The van der Waals surface area contributed by atoms with E-state index in [0.29, 0.717) is 16.5 Å². The zero-order chi connectivity index (χ0) is 24.5. The smallest absolute Gasteiger partial charge is 0.299 e. The second-order valence-corrected chi connectivity index (χ2v) is 7.92. The summed E-state index contributed by atoms with van der Waals surface area (Å²) < 4.78 is 1.54. The molecule has 0 saturated carbocycles. The molecule has 0 aliphatic carbocycles. The van der Waals surface area contributed by atoms with Crippen molar-refractivity contribution in [2.75, 3.05) is 0 Å². The van der Waals surface area contributed by atoms with Gasteiger partial charge in [0.15, 0.2) is 5.69 Å². The number of nitro groups is 1. The van der Waals surface area contributed by atoms with Crippen LogP contribution in [0.25, 0.3) is 21.7 Å². The standard InChI is InChI=1S/C26H18N4O5/c31-23-14-18-8-2-1-7-17(18)13-21(23)25(32)28-27-24-20-10-3-4-11-22(20)29(26(24)33)15-16-6-5-9-19(12-16)30(34)35/h1-14,31,33H,15H2. The number of non-ortho nitro benzene ring substituents is 1. The molecule has 1 heterocycles. The second-order valence-electron chi connectivity index (χ2n) is 7.92. The van der Waals surface area contributed by atoms with Crippen LogP contribution < -0.4 is 0 Å². The van der Waals surface area contributed by atoms with Crippen LogP contribution in [0.2, 0.25) is 0 Å². The Morgan fingerprint density at radius 3 is 2.40 bits per heavy atom. The Kier molecular flexibility index (Phi) is 5.42. The third-order valence-electron chi connectivity index (χ3n) is 5.71. The number of hydrogen-bond acceptors (Lipinski definition) is 6. The lowest BCUT2D eigenvalue weighted by molar-refractivity contribution is -0.384. The Balaban J connectivity index is 1.52. The van der Waals surface area contributed by atoms with E-state index in [9.17, 15) is 25.1 Å². The highest BCUT2D eigenvalue weighted by molar-refractivity contribution is 6.02. The Hall–Kier alpha value is -5.05. The number of aromatic nitrogens is 1. The molecule has 0 saturated heterocycles. The number of aromatic hydroxyl groups is 2. The normalized spacial score (nSPS) is 11.4. The average Bonchev–Trinajstić information content (AvgIpc) is 3.12. The molecule has 0 bridgehead atoms. The fraction of sp³-hybridized carbons (Fsp3) is 0.0385. The molecule has 5 aromatic rings. The van der Waals surface area contributed by atoms with Crippen molar-refractivity contribution in [2.45, 2.75) is 6.54 Å². The predicted octanol–water partition coefficient (Wildman–Crippen LogP) is 6.09. The summed E-state index contributed by atoms with van der Waals surface area (Å²) in [6.07, 6.45) is 0. The van der Waals surface area contributed by atoms with E-state index in [4.69, 9.17) is 0 Å². The minimum atomic E-state index is -0.761. The van der Waals surface area contributed by atoms with E-state index < -0.39 is 10.8 Å². The van der Waals surface area contributed by atoms with Gasteiger partial charge in [0, 0.05) is 17.5 Å². The molecule has 2 N–H and O–H groups in total. The number of hydrogen-bond donors (Lipinski definition) is 2. The van der Waals surface area contributed by atoms with E-state index in [1.165, 1.54) is 24.3 Å². The van der Waals surface area contributed by atoms with Gasteiger partial charge < -0.3 is 14.8 Å². The zero-order valence-electron chi connectivity index (χ0n) is 18.2. The number of fused-ring (bicyclic) bond motifs is 2. The number of carbonyl (C=O) groups is 1. The molecule has 0 unspecified atom stereocenters. The summed E-state index contributed by atoms with van der Waals surface area (Å²) >= 11 is 0. The first-order valence-electron chi connectivity index (χ1n) is 10.6. The van der Waals surface area contributed by atoms with Crippen molar-refractivity contribution in [1.82, 2.24) is 4.57 Å². The minimum Gasteiger partial charge on any atom is -0.507 e. The van der Waals surface area contributed by atoms with Crippen molar-refractivity contribution in [3.05, 3.63) is 106 Å². The molecule has 172 valence electrons. The van der Waals surface area contributed by atoms with Crippen LogP contribution in [0, 0.1) is 10.1 Å². The molecule has 35 heavy (non-hydrogen) atoms. The number of nitrogens with zero attached hydrogens (tertiary/aromatic N) is 4. The number of amides is 1. The first kappa shape index (κ1) is 21.8. The largest absolute Gasteiger partial charge is 0.507 e. The molecular formula is C26H18N4O5. The second kappa shape index (κ2) is 8.71. The SMILES string of the molecule is O=C(N=Nc1c(O)n(Cc2cccc([N+](=O)[O-])c2)c2ccccc12)c1cc2ccccc2cc1O. The maximum atomic E-state index is 12.8. The minimum absolute atomic E-state index is 0.00715. The van der Waals surface area contributed by atoms with E-state index in [1.54, 1.807) is 41.0 Å². The van der Waals surface area contributed by atoms with Crippen LogP contribution in [0.5, 0.6) is 11.6 Å². The first-order chi connectivity index (χ1) is 16.9. The van der Waals surface area contributed by atoms with Crippen molar-refractivity contribution in [3.8, 4) is 11.6 Å². The molecule has 9 heteroatoms. The molecule has 4 aromatic carbocycles. The molecule has 0 aliphatic rings. The van der Waals surface area contributed by atoms with Gasteiger partial charge in [-0.2, -0.15) is 0 Å². The highest BCUT2D eigenvalue weighted by Gasteiger charge is 2.19. The monoisotopic (exact) mass is 466 g/mol. The van der Waals surface area contributed by atoms with Crippen molar-refractivity contribution in [1.29, 1.82) is 0 Å². The van der Waals surface area contributed by atoms with Crippen LogP contribution in [0.3, 0.4) is 0 Å². The van der Waals surface area contributed by atoms with Gasteiger partial charge in [0.1, 0.15) is 5.75 Å². The van der Waals surface area contributed by atoms with E-state index in [-0.39, 0.29) is 35.1 Å². The molecule has 0 aliphatic heterocycles. The van der Waals surface area contributed by atoms with E-state index in [2.05, 4.69) is 10.2 Å². The molecular weight excluding hydrogens is 448 g/mol. The Bertz CT molecular complexity index is 1660. The van der Waals surface area contributed by atoms with Crippen molar-refractivity contribution in [2.24, 2.45) is 10.2 Å². The van der Waals surface area contributed by atoms with Crippen LogP contribution in [0.1, 0.15) is 15.9 Å². The maximum Gasteiger partial charge on any atom is 0.299 e. The summed E-state index contributed by atoms with van der Waals surface area (Å²) in [6.45, 7) is 0.142. The Labute approximate surface area is 198 Å². The number of azo groups is 1. The van der Waals surface area contributed by atoms with Crippen molar-refractivity contribution in [3.63, 3.8) is 0 Å². The number of benzene rings is 4. The van der Waals surface area contributed by atoms with Gasteiger partial charge in [-0.05, 0) is 34.5 Å². The molecule has 1 amide bonds. The molecule has 5 rings (SSSR count). The molecule has 0 spiro atoms. The van der Waals surface area contributed by atoms with E-state index >= 15 is 0 Å². The van der Waals surface area contributed by atoms with Gasteiger partial charge in [-0.25, -0.2) is 0 Å². The molecule has 0 fully saturated rings. The first-order valence-corrected chi connectivity index (χ1v) is 10.6. The number of nitro benzene ring substituents is 1. The number of rotatable bonds is 5. The van der Waals surface area contributed by atoms with Gasteiger partial charge in [-0.1, -0.05) is 54.6 Å². The zero-order valence-corrected chi connectivity index (χ0v) is 18.2. The average molecular weight is 466 g/mol. The Morgan fingerprint density at radius 2 is 1.63 bits per heavy atom. The van der Waals surface area contributed by atoms with Crippen LogP contribution >= 0.6 is 0 Å². The third kappa shape index (κ3) is 4.06. The summed E-state index contributed by atoms with van der Waals surface area (Å²) in [5.74, 6) is -1.22. The van der Waals surface area contributed by atoms with Gasteiger partial charge in [0.05, 0.1) is 22.5 Å². The number of para-hydroxylation sites is 1. The summed E-state index contributed by atoms with van der Waals surface area (Å²) in [5.41, 5.74) is 1.24. The van der Waals surface area contributed by atoms with Crippen LogP contribution in [-0.4, -0.2) is 25.6 Å². The summed E-state index contributed by atoms with van der Waals surface area (Å²) in [4.78, 5) is 23.4. The molecule has 0 atom stereocenters. The van der Waals surface area contributed by atoms with Gasteiger partial charge in [-0.3, -0.25) is 14.9 Å². The molecule has 0 radical (unpaired) electrons. The van der Waals surface area contributed by atoms with Gasteiger partial charge in [-0.15, -0.1) is 10.2 Å². The fourth-order valence-electron chi connectivity index (χ4n) is 4.03. The lowest BCUT2D eigenvalue weighted by Gasteiger charge is -2.07. The lowest BCUT2D eigenvalue weighted by Crippen LogP contribution is -1.99. The van der Waals surface area contributed by atoms with E-state index in [1.807, 2.05) is 24.3 Å². The van der Waals surface area contributed by atoms with Crippen LogP contribution in [0.15, 0.2) is 95.2 Å². The summed E-state index contributed by atoms with van der Waals surface area (Å²) in [6, 6.07) is 23.5. The summed E-state index contributed by atoms with van der Waals surface area (Å²) in [7, 11) is 0. The third-order valence-corrected chi connectivity index (χ3v) is 5.71. The highest BCUT2D eigenvalue weighted by Crippen LogP contribution is 2.39. The molecule has 1 aromatic heterocycles. The predicted molar refractivity (Wildman–Crippen MR) is 130 cm³/mol. The van der Waals surface area contributed by atoms with Crippen molar-refractivity contribution < 1.29 is 19.9 Å². The van der Waals surface area contributed by atoms with Gasteiger partial charge in [0.25, 0.3) is 11.6 Å². The van der Waals surface area contributed by atoms with Crippen molar-refractivity contribution >= 4 is 39.0 Å². The molecule has 9 nitrogen and oxygen atoms in total. The number of phenols is 1. The van der Waals surface area contributed by atoms with Gasteiger partial charge in [0.2, 0.25) is 5.88 Å².